The van der Waals surface area contributed by atoms with E-state index in [0.29, 0.717) is 30.3 Å². The molecule has 2 aromatic heterocycles. The third-order valence-electron chi connectivity index (χ3n) is 4.30. The number of carbonyl (C=O) groups excluding carboxylic acids is 1. The van der Waals surface area contributed by atoms with Crippen LogP contribution in [0.2, 0.25) is 0 Å². The fraction of sp³-hybridized carbons (Fsp3) is 0.450. The molecule has 0 aliphatic carbocycles. The Balaban J connectivity index is 2.30. The largest absolute Gasteiger partial charge is 0.389 e. The summed E-state index contributed by atoms with van der Waals surface area (Å²) in [4.78, 5) is 21.5. The quantitative estimate of drug-likeness (QED) is 0.574. The Labute approximate surface area is 163 Å². The Morgan fingerprint density at radius 2 is 2.07 bits per heavy atom. The van der Waals surface area contributed by atoms with E-state index in [1.54, 1.807) is 20.8 Å². The molecule has 2 heterocycles. The lowest BCUT2D eigenvalue weighted by Gasteiger charge is -2.20. The molecule has 28 heavy (non-hydrogen) atoms. The zero-order valence-electron chi connectivity index (χ0n) is 16.7. The number of para-hydroxylation sites is 1. The third-order valence-corrected chi connectivity index (χ3v) is 4.30. The Hall–Kier alpha value is -2.55. The zero-order chi connectivity index (χ0) is 20.5. The fourth-order valence-electron chi connectivity index (χ4n) is 3.06. The van der Waals surface area contributed by atoms with E-state index in [1.165, 1.54) is 0 Å². The van der Waals surface area contributed by atoms with E-state index < -0.39 is 11.6 Å². The normalized spacial score (nSPS) is 13.2. The van der Waals surface area contributed by atoms with Gasteiger partial charge in [0.15, 0.2) is 5.82 Å². The van der Waals surface area contributed by atoms with Gasteiger partial charge in [0.1, 0.15) is 17.9 Å². The highest BCUT2D eigenvalue weighted by Crippen LogP contribution is 2.31. The van der Waals surface area contributed by atoms with Crippen molar-refractivity contribution in [2.24, 2.45) is 5.73 Å². The molecule has 3 rings (SSSR count). The van der Waals surface area contributed by atoms with Crippen LogP contribution in [-0.4, -0.2) is 43.8 Å². The molecule has 8 nitrogen and oxygen atoms in total. The number of nitrogens with one attached hydrogen (secondary N) is 1. The number of carbonyl (C=O) groups is 1. The molecule has 3 aromatic rings. The summed E-state index contributed by atoms with van der Waals surface area (Å²) in [6, 6.07) is 6.96. The zero-order valence-corrected chi connectivity index (χ0v) is 16.7. The number of aliphatic hydroxyl groups is 1. The van der Waals surface area contributed by atoms with E-state index in [2.05, 4.69) is 10.3 Å². The topological polar surface area (TPSA) is 115 Å². The highest BCUT2D eigenvalue weighted by molar-refractivity contribution is 6.10. The van der Waals surface area contributed by atoms with Gasteiger partial charge in [0.2, 0.25) is 5.91 Å². The minimum atomic E-state index is -0.964. The average molecular weight is 385 g/mol. The van der Waals surface area contributed by atoms with Gasteiger partial charge in [0.05, 0.1) is 29.2 Å². The summed E-state index contributed by atoms with van der Waals surface area (Å²) in [5.41, 5.74) is 6.80. The summed E-state index contributed by atoms with van der Waals surface area (Å²) in [6.45, 7) is 8.15. The molecule has 0 fully saturated rings. The van der Waals surface area contributed by atoms with Crippen molar-refractivity contribution in [3.8, 4) is 0 Å². The second kappa shape index (κ2) is 7.83. The molecular weight excluding hydrogens is 358 g/mol. The van der Waals surface area contributed by atoms with Crippen molar-refractivity contribution in [1.82, 2.24) is 14.5 Å². The maximum Gasteiger partial charge on any atom is 0.242 e. The van der Waals surface area contributed by atoms with Crippen LogP contribution in [0.4, 0.5) is 5.82 Å². The van der Waals surface area contributed by atoms with Crippen molar-refractivity contribution in [2.75, 3.05) is 11.9 Å². The highest BCUT2D eigenvalue weighted by atomic mass is 16.5. The van der Waals surface area contributed by atoms with Gasteiger partial charge in [0.25, 0.3) is 0 Å². The minimum absolute atomic E-state index is 0.288. The van der Waals surface area contributed by atoms with Crippen LogP contribution in [0, 0.1) is 0 Å². The first kappa shape index (κ1) is 20.2. The van der Waals surface area contributed by atoms with Gasteiger partial charge in [-0.15, -0.1) is 0 Å². The summed E-state index contributed by atoms with van der Waals surface area (Å²) < 4.78 is 7.52. The van der Waals surface area contributed by atoms with Crippen molar-refractivity contribution < 1.29 is 14.6 Å². The molecule has 0 bridgehead atoms. The lowest BCUT2D eigenvalue weighted by atomic mass is 10.1. The van der Waals surface area contributed by atoms with Crippen LogP contribution in [0.3, 0.4) is 0 Å². The first-order valence-corrected chi connectivity index (χ1v) is 9.35. The number of hydrogen-bond donors (Lipinski definition) is 3. The lowest BCUT2D eigenvalue weighted by Crippen LogP contribution is -2.32. The summed E-state index contributed by atoms with van der Waals surface area (Å²) in [7, 11) is 0. The highest BCUT2D eigenvalue weighted by Gasteiger charge is 2.24. The minimum Gasteiger partial charge on any atom is -0.389 e. The molecule has 1 atom stereocenters. The SMILES string of the molecule is CCOCc1nc2c(NC(=O)[C@H](C)N)nc3ccccc3c2n1CC(C)(C)O. The monoisotopic (exact) mass is 385 g/mol. The van der Waals surface area contributed by atoms with Gasteiger partial charge in [-0.3, -0.25) is 4.79 Å². The Kier molecular flexibility index (Phi) is 5.64. The standard InChI is InChI=1S/C20H27N5O3/c1-5-28-10-15-23-16-17(25(15)11-20(3,4)27)13-8-6-7-9-14(13)22-18(16)24-19(26)12(2)21/h6-9,12,27H,5,10-11,21H2,1-4H3,(H,22,24,26)/t12-/m0/s1. The predicted molar refractivity (Wildman–Crippen MR) is 109 cm³/mol. The molecule has 150 valence electrons. The van der Waals surface area contributed by atoms with Gasteiger partial charge in [0, 0.05) is 12.0 Å². The number of nitrogens with two attached hydrogens (primary N) is 1. The third kappa shape index (κ3) is 4.14. The number of aromatic nitrogens is 3. The van der Waals surface area contributed by atoms with Gasteiger partial charge in [-0.05, 0) is 33.8 Å². The number of benzene rings is 1. The first-order chi connectivity index (χ1) is 13.2. The fourth-order valence-corrected chi connectivity index (χ4v) is 3.06. The Morgan fingerprint density at radius 3 is 2.71 bits per heavy atom. The van der Waals surface area contributed by atoms with Crippen LogP contribution in [0.1, 0.15) is 33.5 Å². The number of ether oxygens (including phenoxy) is 1. The van der Waals surface area contributed by atoms with Gasteiger partial charge in [-0.25, -0.2) is 9.97 Å². The van der Waals surface area contributed by atoms with Crippen molar-refractivity contribution in [1.29, 1.82) is 0 Å². The number of hydrogen-bond acceptors (Lipinski definition) is 6. The van der Waals surface area contributed by atoms with Crippen LogP contribution in [0.25, 0.3) is 21.9 Å². The maximum atomic E-state index is 12.2. The van der Waals surface area contributed by atoms with Crippen LogP contribution < -0.4 is 11.1 Å². The second-order valence-corrected chi connectivity index (χ2v) is 7.52. The molecular formula is C20H27N5O3. The number of nitrogens with zero attached hydrogens (tertiary/aromatic N) is 3. The molecule has 1 aromatic carbocycles. The molecule has 0 spiro atoms. The molecule has 0 saturated heterocycles. The van der Waals surface area contributed by atoms with E-state index in [-0.39, 0.29) is 12.5 Å². The second-order valence-electron chi connectivity index (χ2n) is 7.52. The molecule has 0 aliphatic heterocycles. The van der Waals surface area contributed by atoms with Crippen LogP contribution in [0.5, 0.6) is 0 Å². The first-order valence-electron chi connectivity index (χ1n) is 9.35. The van der Waals surface area contributed by atoms with Crippen molar-refractivity contribution in [3.63, 3.8) is 0 Å². The number of fused-ring (bicyclic) bond motifs is 3. The Bertz CT molecular complexity index is 1000. The van der Waals surface area contributed by atoms with E-state index in [9.17, 15) is 9.90 Å². The van der Waals surface area contributed by atoms with E-state index in [0.717, 1.165) is 16.4 Å². The van der Waals surface area contributed by atoms with E-state index >= 15 is 0 Å². The summed E-state index contributed by atoms with van der Waals surface area (Å²) >= 11 is 0. The summed E-state index contributed by atoms with van der Waals surface area (Å²) in [5, 5.41) is 14.1. The Morgan fingerprint density at radius 1 is 1.36 bits per heavy atom. The number of rotatable bonds is 7. The predicted octanol–water partition coefficient (Wildman–Crippen LogP) is 2.18. The summed E-state index contributed by atoms with van der Waals surface area (Å²) in [6.07, 6.45) is 0. The van der Waals surface area contributed by atoms with Gasteiger partial charge >= 0.3 is 0 Å². The number of imidazole rings is 1. The van der Waals surface area contributed by atoms with Gasteiger partial charge < -0.3 is 25.5 Å². The summed E-state index contributed by atoms with van der Waals surface area (Å²) in [5.74, 6) is 0.671. The molecule has 0 radical (unpaired) electrons. The van der Waals surface area contributed by atoms with Crippen molar-refractivity contribution >= 4 is 33.7 Å². The van der Waals surface area contributed by atoms with Crippen LogP contribution in [-0.2, 0) is 22.7 Å². The molecule has 0 aliphatic rings. The van der Waals surface area contributed by atoms with Crippen molar-refractivity contribution in [3.05, 3.63) is 30.1 Å². The molecule has 8 heteroatoms. The van der Waals surface area contributed by atoms with Gasteiger partial charge in [-0.1, -0.05) is 18.2 Å². The van der Waals surface area contributed by atoms with E-state index in [1.807, 2.05) is 35.8 Å². The number of pyridine rings is 1. The number of anilines is 1. The maximum absolute atomic E-state index is 12.2. The molecule has 0 unspecified atom stereocenters. The lowest BCUT2D eigenvalue weighted by molar-refractivity contribution is -0.117. The molecule has 1 amide bonds. The average Bonchev–Trinajstić information content (AvgIpc) is 2.97. The van der Waals surface area contributed by atoms with Gasteiger partial charge in [-0.2, -0.15) is 0 Å². The molecule has 4 N–H and O–H groups in total. The number of amides is 1. The molecule has 0 saturated carbocycles. The van der Waals surface area contributed by atoms with Crippen LogP contribution in [0.15, 0.2) is 24.3 Å². The van der Waals surface area contributed by atoms with Crippen LogP contribution >= 0.6 is 0 Å². The smallest absolute Gasteiger partial charge is 0.242 e. The van der Waals surface area contributed by atoms with Crippen molar-refractivity contribution in [2.45, 2.75) is 52.5 Å². The van der Waals surface area contributed by atoms with E-state index in [4.69, 9.17) is 15.5 Å².